The predicted octanol–water partition coefficient (Wildman–Crippen LogP) is 2.08. The maximum atomic E-state index is 12.7. The molecule has 0 bridgehead atoms. The van der Waals surface area contributed by atoms with Gasteiger partial charge in [0.15, 0.2) is 5.01 Å². The molecule has 3 rings (SSSR count). The van der Waals surface area contributed by atoms with Crippen molar-refractivity contribution in [3.05, 3.63) is 52.1 Å². The van der Waals surface area contributed by atoms with Gasteiger partial charge < -0.3 is 20.1 Å². The number of rotatable bonds is 9. The SMILES string of the molecule is O=C(O)CCOCCNC(=O)c1csc(C(=O)c2c[nH]c3ccccc23)n1. The molecule has 9 heteroatoms. The van der Waals surface area contributed by atoms with Gasteiger partial charge in [-0.15, -0.1) is 11.3 Å². The zero-order chi connectivity index (χ0) is 19.2. The van der Waals surface area contributed by atoms with E-state index in [-0.39, 0.29) is 42.7 Å². The van der Waals surface area contributed by atoms with Crippen LogP contribution in [0.3, 0.4) is 0 Å². The summed E-state index contributed by atoms with van der Waals surface area (Å²) in [6.45, 7) is 0.511. The molecule has 1 aromatic carbocycles. The first kappa shape index (κ1) is 18.7. The van der Waals surface area contributed by atoms with Crippen LogP contribution in [-0.4, -0.2) is 52.5 Å². The van der Waals surface area contributed by atoms with Crippen molar-refractivity contribution < 1.29 is 24.2 Å². The normalized spacial score (nSPS) is 10.8. The van der Waals surface area contributed by atoms with E-state index in [1.54, 1.807) is 6.20 Å². The maximum absolute atomic E-state index is 12.7. The Labute approximate surface area is 158 Å². The number of aliphatic carboxylic acids is 1. The number of H-pyrrole nitrogens is 1. The van der Waals surface area contributed by atoms with Crippen LogP contribution in [-0.2, 0) is 9.53 Å². The van der Waals surface area contributed by atoms with Gasteiger partial charge in [0.05, 0.1) is 25.2 Å². The molecule has 2 aromatic heterocycles. The molecule has 0 aliphatic rings. The topological polar surface area (TPSA) is 121 Å². The Morgan fingerprint density at radius 2 is 2.04 bits per heavy atom. The number of fused-ring (bicyclic) bond motifs is 1. The number of carboxylic acids is 1. The first-order valence-corrected chi connectivity index (χ1v) is 9.08. The van der Waals surface area contributed by atoms with E-state index in [0.717, 1.165) is 22.2 Å². The number of carbonyl (C=O) groups is 3. The lowest BCUT2D eigenvalue weighted by Gasteiger charge is -2.04. The van der Waals surface area contributed by atoms with Gasteiger partial charge in [0.2, 0.25) is 5.78 Å². The highest BCUT2D eigenvalue weighted by Crippen LogP contribution is 2.22. The average molecular weight is 387 g/mol. The van der Waals surface area contributed by atoms with Gasteiger partial charge >= 0.3 is 5.97 Å². The molecule has 0 aliphatic heterocycles. The second-order valence-corrected chi connectivity index (χ2v) is 6.49. The zero-order valence-corrected chi connectivity index (χ0v) is 15.0. The van der Waals surface area contributed by atoms with Gasteiger partial charge in [0, 0.05) is 29.0 Å². The predicted molar refractivity (Wildman–Crippen MR) is 99.3 cm³/mol. The van der Waals surface area contributed by atoms with Crippen LogP contribution >= 0.6 is 11.3 Å². The Morgan fingerprint density at radius 1 is 1.22 bits per heavy atom. The quantitative estimate of drug-likeness (QED) is 0.382. The van der Waals surface area contributed by atoms with Crippen LogP contribution in [0.2, 0.25) is 0 Å². The third kappa shape index (κ3) is 4.57. The lowest BCUT2D eigenvalue weighted by Crippen LogP contribution is -2.27. The van der Waals surface area contributed by atoms with Crippen molar-refractivity contribution in [3.63, 3.8) is 0 Å². The van der Waals surface area contributed by atoms with Crippen LogP contribution < -0.4 is 5.32 Å². The van der Waals surface area contributed by atoms with E-state index >= 15 is 0 Å². The van der Waals surface area contributed by atoms with Gasteiger partial charge in [-0.2, -0.15) is 0 Å². The number of hydrogen-bond acceptors (Lipinski definition) is 6. The highest BCUT2D eigenvalue weighted by molar-refractivity contribution is 7.12. The Bertz CT molecular complexity index is 978. The van der Waals surface area contributed by atoms with Gasteiger partial charge in [-0.25, -0.2) is 4.98 Å². The van der Waals surface area contributed by atoms with Crippen LogP contribution in [0.5, 0.6) is 0 Å². The van der Waals surface area contributed by atoms with Crippen LogP contribution in [0.4, 0.5) is 0 Å². The summed E-state index contributed by atoms with van der Waals surface area (Å²) in [5.41, 5.74) is 1.53. The van der Waals surface area contributed by atoms with Crippen LogP contribution in [0.25, 0.3) is 10.9 Å². The van der Waals surface area contributed by atoms with Gasteiger partial charge in [0.1, 0.15) is 5.69 Å². The molecule has 2 heterocycles. The van der Waals surface area contributed by atoms with E-state index in [4.69, 9.17) is 9.84 Å². The second kappa shape index (κ2) is 8.56. The molecule has 0 radical (unpaired) electrons. The minimum Gasteiger partial charge on any atom is -0.481 e. The Hall–Kier alpha value is -3.04. The molecule has 27 heavy (non-hydrogen) atoms. The smallest absolute Gasteiger partial charge is 0.305 e. The molecular weight excluding hydrogens is 370 g/mol. The largest absolute Gasteiger partial charge is 0.481 e. The number of amides is 1. The number of nitrogens with one attached hydrogen (secondary N) is 2. The van der Waals surface area contributed by atoms with Crippen molar-refractivity contribution >= 4 is 39.9 Å². The summed E-state index contributed by atoms with van der Waals surface area (Å²) < 4.78 is 5.09. The standard InChI is InChI=1S/C18H17N3O5S/c22-15(23)5-7-26-8-6-19-17(25)14-10-27-18(21-14)16(24)12-9-20-13-4-2-1-3-11(12)13/h1-4,9-10,20H,5-8H2,(H,19,25)(H,22,23). The van der Waals surface area contributed by atoms with E-state index in [9.17, 15) is 14.4 Å². The monoisotopic (exact) mass is 387 g/mol. The Morgan fingerprint density at radius 3 is 2.85 bits per heavy atom. The lowest BCUT2D eigenvalue weighted by molar-refractivity contribution is -0.138. The fourth-order valence-corrected chi connectivity index (χ4v) is 3.20. The summed E-state index contributed by atoms with van der Waals surface area (Å²) in [5.74, 6) is -1.59. The highest BCUT2D eigenvalue weighted by Gasteiger charge is 2.19. The molecule has 1 amide bonds. The molecule has 3 N–H and O–H groups in total. The van der Waals surface area contributed by atoms with Crippen LogP contribution in [0, 0.1) is 0 Å². The number of aromatic nitrogens is 2. The molecule has 3 aromatic rings. The fourth-order valence-electron chi connectivity index (χ4n) is 2.45. The molecule has 0 unspecified atom stereocenters. The van der Waals surface area contributed by atoms with Crippen molar-refractivity contribution in [3.8, 4) is 0 Å². The molecule has 0 aliphatic carbocycles. The number of hydrogen-bond donors (Lipinski definition) is 3. The number of carbonyl (C=O) groups excluding carboxylic acids is 2. The Kier molecular flexibility index (Phi) is 5.94. The van der Waals surface area contributed by atoms with E-state index in [1.807, 2.05) is 24.3 Å². The zero-order valence-electron chi connectivity index (χ0n) is 14.2. The molecule has 8 nitrogen and oxygen atoms in total. The van der Waals surface area contributed by atoms with E-state index in [0.29, 0.717) is 5.56 Å². The van der Waals surface area contributed by atoms with E-state index in [2.05, 4.69) is 15.3 Å². The molecule has 0 fully saturated rings. The number of ether oxygens (including phenoxy) is 1. The molecule has 0 spiro atoms. The van der Waals surface area contributed by atoms with Gasteiger partial charge in [-0.05, 0) is 6.07 Å². The molecule has 0 atom stereocenters. The summed E-state index contributed by atoms with van der Waals surface area (Å²) in [7, 11) is 0. The van der Waals surface area contributed by atoms with Gasteiger partial charge in [-0.3, -0.25) is 14.4 Å². The number of para-hydroxylation sites is 1. The fraction of sp³-hybridized carbons (Fsp3) is 0.222. The minimum absolute atomic E-state index is 0.0840. The third-order valence-corrected chi connectivity index (χ3v) is 4.60. The number of ketones is 1. The first-order chi connectivity index (χ1) is 13.1. The Balaban J connectivity index is 1.57. The second-order valence-electron chi connectivity index (χ2n) is 5.63. The van der Waals surface area contributed by atoms with Crippen LogP contribution in [0.15, 0.2) is 35.8 Å². The molecular formula is C18H17N3O5S. The van der Waals surface area contributed by atoms with Crippen molar-refractivity contribution in [2.75, 3.05) is 19.8 Å². The summed E-state index contributed by atoms with van der Waals surface area (Å²) in [5, 5.41) is 13.7. The maximum Gasteiger partial charge on any atom is 0.305 e. The number of aromatic amines is 1. The average Bonchev–Trinajstić information content (AvgIpc) is 3.31. The first-order valence-electron chi connectivity index (χ1n) is 8.20. The van der Waals surface area contributed by atoms with Crippen molar-refractivity contribution in [2.24, 2.45) is 0 Å². The van der Waals surface area contributed by atoms with Crippen molar-refractivity contribution in [2.45, 2.75) is 6.42 Å². The number of thiazole rings is 1. The summed E-state index contributed by atoms with van der Waals surface area (Å²) in [6.07, 6.45) is 1.56. The summed E-state index contributed by atoms with van der Waals surface area (Å²) in [6, 6.07) is 7.46. The summed E-state index contributed by atoms with van der Waals surface area (Å²) in [4.78, 5) is 42.3. The third-order valence-electron chi connectivity index (χ3n) is 3.76. The molecule has 0 saturated carbocycles. The number of carboxylic acid groups (broad SMARTS) is 1. The van der Waals surface area contributed by atoms with E-state index < -0.39 is 11.9 Å². The lowest BCUT2D eigenvalue weighted by atomic mass is 10.1. The number of benzene rings is 1. The molecule has 0 saturated heterocycles. The van der Waals surface area contributed by atoms with Crippen LogP contribution in [0.1, 0.15) is 32.3 Å². The van der Waals surface area contributed by atoms with Crippen molar-refractivity contribution in [1.82, 2.24) is 15.3 Å². The van der Waals surface area contributed by atoms with Crippen molar-refractivity contribution in [1.29, 1.82) is 0 Å². The van der Waals surface area contributed by atoms with Gasteiger partial charge in [0.25, 0.3) is 5.91 Å². The minimum atomic E-state index is -0.936. The number of nitrogens with zero attached hydrogens (tertiary/aromatic N) is 1. The highest BCUT2D eigenvalue weighted by atomic mass is 32.1. The molecule has 140 valence electrons. The van der Waals surface area contributed by atoms with E-state index in [1.165, 1.54) is 5.38 Å². The summed E-state index contributed by atoms with van der Waals surface area (Å²) >= 11 is 1.11. The van der Waals surface area contributed by atoms with Gasteiger partial charge in [-0.1, -0.05) is 18.2 Å².